The maximum Gasteiger partial charge on any atom is 0.339 e. The fourth-order valence-corrected chi connectivity index (χ4v) is 1.68. The summed E-state index contributed by atoms with van der Waals surface area (Å²) in [7, 11) is 0. The zero-order valence-corrected chi connectivity index (χ0v) is 10.8. The second-order valence-electron chi connectivity index (χ2n) is 3.67. The molecule has 0 bridgehead atoms. The van der Waals surface area contributed by atoms with Crippen molar-refractivity contribution in [2.45, 2.75) is 20.0 Å². The number of nitrogens with zero attached hydrogens (tertiary/aromatic N) is 2. The summed E-state index contributed by atoms with van der Waals surface area (Å²) in [6.45, 7) is 1.86. The van der Waals surface area contributed by atoms with Crippen molar-refractivity contribution in [3.05, 3.63) is 40.5 Å². The normalized spacial score (nSPS) is 10.4. The molecule has 1 N–H and O–H groups in total. The average molecular weight is 283 g/mol. The Morgan fingerprint density at radius 2 is 2.32 bits per heavy atom. The van der Waals surface area contributed by atoms with Crippen LogP contribution in [0.3, 0.4) is 0 Å². The Balaban J connectivity index is 2.17. The molecule has 0 saturated heterocycles. The Morgan fingerprint density at radius 3 is 2.95 bits per heavy atom. The van der Waals surface area contributed by atoms with Gasteiger partial charge in [0, 0.05) is 6.42 Å². The Bertz CT molecular complexity index is 597. The maximum absolute atomic E-state index is 11.0. The molecular formula is C12H11ClN2O4. The molecule has 1 aromatic carbocycles. The smallest absolute Gasteiger partial charge is 0.339 e. The zero-order valence-electron chi connectivity index (χ0n) is 10.1. The predicted octanol–water partition coefficient (Wildman–Crippen LogP) is 2.56. The molecule has 2 aromatic rings. The highest BCUT2D eigenvalue weighted by molar-refractivity contribution is 6.32. The van der Waals surface area contributed by atoms with Gasteiger partial charge in [-0.2, -0.15) is 4.98 Å². The van der Waals surface area contributed by atoms with Crippen LogP contribution < -0.4 is 4.74 Å². The van der Waals surface area contributed by atoms with Gasteiger partial charge in [0.2, 0.25) is 0 Å². The molecule has 0 aliphatic rings. The fourth-order valence-electron chi connectivity index (χ4n) is 1.45. The molecule has 0 radical (unpaired) electrons. The van der Waals surface area contributed by atoms with Gasteiger partial charge in [0.25, 0.3) is 5.89 Å². The van der Waals surface area contributed by atoms with Gasteiger partial charge in [-0.15, -0.1) is 0 Å². The lowest BCUT2D eigenvalue weighted by Crippen LogP contribution is -2.04. The quantitative estimate of drug-likeness (QED) is 0.907. The lowest BCUT2D eigenvalue weighted by atomic mass is 10.2. The highest BCUT2D eigenvalue weighted by Crippen LogP contribution is 2.29. The summed E-state index contributed by atoms with van der Waals surface area (Å²) in [5.74, 6) is -0.186. The number of aromatic nitrogens is 2. The zero-order chi connectivity index (χ0) is 13.8. The van der Waals surface area contributed by atoms with Gasteiger partial charge in [-0.3, -0.25) is 0 Å². The van der Waals surface area contributed by atoms with Crippen LogP contribution >= 0.6 is 11.6 Å². The average Bonchev–Trinajstić information content (AvgIpc) is 2.85. The van der Waals surface area contributed by atoms with E-state index < -0.39 is 5.97 Å². The molecular weight excluding hydrogens is 272 g/mol. The van der Waals surface area contributed by atoms with Crippen LogP contribution in [0.5, 0.6) is 5.75 Å². The summed E-state index contributed by atoms with van der Waals surface area (Å²) in [6, 6.07) is 4.50. The van der Waals surface area contributed by atoms with Crippen molar-refractivity contribution < 1.29 is 19.2 Å². The van der Waals surface area contributed by atoms with Crippen LogP contribution in [0.15, 0.2) is 22.7 Å². The van der Waals surface area contributed by atoms with Crippen molar-refractivity contribution in [1.82, 2.24) is 10.1 Å². The largest absolute Gasteiger partial charge is 0.481 e. The van der Waals surface area contributed by atoms with Crippen LogP contribution in [0, 0.1) is 0 Å². The van der Waals surface area contributed by atoms with Gasteiger partial charge in [0.1, 0.15) is 5.56 Å². The first-order valence-corrected chi connectivity index (χ1v) is 5.95. The number of carboxylic acid groups (broad SMARTS) is 1. The highest BCUT2D eigenvalue weighted by atomic mass is 35.5. The second-order valence-corrected chi connectivity index (χ2v) is 4.08. The molecule has 0 aliphatic heterocycles. The van der Waals surface area contributed by atoms with Gasteiger partial charge >= 0.3 is 5.97 Å². The predicted molar refractivity (Wildman–Crippen MR) is 66.4 cm³/mol. The number of para-hydroxylation sites is 1. The molecule has 7 heteroatoms. The molecule has 0 aliphatic carbocycles. The number of halogens is 1. The van der Waals surface area contributed by atoms with Crippen molar-refractivity contribution in [3.63, 3.8) is 0 Å². The highest BCUT2D eigenvalue weighted by Gasteiger charge is 2.15. The van der Waals surface area contributed by atoms with Gasteiger partial charge in [0.15, 0.2) is 18.2 Å². The van der Waals surface area contributed by atoms with Crippen molar-refractivity contribution >= 4 is 17.6 Å². The molecule has 100 valence electrons. The lowest BCUT2D eigenvalue weighted by Gasteiger charge is -2.08. The van der Waals surface area contributed by atoms with Gasteiger partial charge in [-0.05, 0) is 12.1 Å². The second kappa shape index (κ2) is 5.71. The number of ether oxygens (including phenoxy) is 1. The van der Waals surface area contributed by atoms with Crippen molar-refractivity contribution in [2.75, 3.05) is 0 Å². The number of benzene rings is 1. The number of aryl methyl sites for hydroxylation is 1. The minimum atomic E-state index is -1.11. The monoisotopic (exact) mass is 282 g/mol. The molecule has 6 nitrogen and oxygen atoms in total. The molecule has 0 amide bonds. The van der Waals surface area contributed by atoms with Gasteiger partial charge in [-0.1, -0.05) is 29.7 Å². The fraction of sp³-hybridized carbons (Fsp3) is 0.250. The Kier molecular flexibility index (Phi) is 4.01. The molecule has 2 rings (SSSR count). The summed E-state index contributed by atoms with van der Waals surface area (Å²) < 4.78 is 10.3. The minimum absolute atomic E-state index is 0.0114. The van der Waals surface area contributed by atoms with Crippen molar-refractivity contribution in [2.24, 2.45) is 0 Å². The third-order valence-corrected chi connectivity index (χ3v) is 2.66. The summed E-state index contributed by atoms with van der Waals surface area (Å²) in [5, 5.41) is 13.0. The number of rotatable bonds is 5. The van der Waals surface area contributed by atoms with Gasteiger partial charge in [-0.25, -0.2) is 4.79 Å². The number of hydrogen-bond acceptors (Lipinski definition) is 5. The summed E-state index contributed by atoms with van der Waals surface area (Å²) in [4.78, 5) is 15.1. The SMILES string of the molecule is CCc1noc(COc2c(Cl)cccc2C(=O)O)n1. The standard InChI is InChI=1S/C12H11ClN2O4/c1-2-9-14-10(19-15-9)6-18-11-7(12(16)17)4-3-5-8(11)13/h3-5H,2,6H2,1H3,(H,16,17). The molecule has 0 saturated carbocycles. The molecule has 0 spiro atoms. The molecule has 0 unspecified atom stereocenters. The first-order chi connectivity index (χ1) is 9.11. The van der Waals surface area contributed by atoms with Crippen LogP contribution in [0.1, 0.15) is 29.0 Å². The Morgan fingerprint density at radius 1 is 1.53 bits per heavy atom. The van der Waals surface area contributed by atoms with Gasteiger partial charge < -0.3 is 14.4 Å². The Hall–Kier alpha value is -2.08. The van der Waals surface area contributed by atoms with E-state index in [9.17, 15) is 4.79 Å². The molecule has 0 atom stereocenters. The summed E-state index contributed by atoms with van der Waals surface area (Å²) >= 11 is 5.92. The first kappa shape index (κ1) is 13.4. The van der Waals surface area contributed by atoms with Crippen molar-refractivity contribution in [1.29, 1.82) is 0 Å². The van der Waals surface area contributed by atoms with Crippen molar-refractivity contribution in [3.8, 4) is 5.75 Å². The number of carboxylic acids is 1. The minimum Gasteiger partial charge on any atom is -0.481 e. The summed E-state index contributed by atoms with van der Waals surface area (Å²) in [5.41, 5.74) is -0.0114. The van der Waals surface area contributed by atoms with E-state index in [1.807, 2.05) is 6.92 Å². The van der Waals surface area contributed by atoms with E-state index in [1.54, 1.807) is 12.1 Å². The number of carbonyl (C=O) groups is 1. The van der Waals surface area contributed by atoms with E-state index in [0.29, 0.717) is 12.2 Å². The number of hydrogen-bond donors (Lipinski definition) is 1. The van der Waals surface area contributed by atoms with E-state index in [0.717, 1.165) is 0 Å². The third-order valence-electron chi connectivity index (χ3n) is 2.36. The van der Waals surface area contributed by atoms with E-state index in [-0.39, 0.29) is 28.8 Å². The topological polar surface area (TPSA) is 85.5 Å². The molecule has 0 fully saturated rings. The molecule has 19 heavy (non-hydrogen) atoms. The van der Waals surface area contributed by atoms with E-state index in [4.69, 9.17) is 26.0 Å². The molecule has 1 heterocycles. The van der Waals surface area contributed by atoms with Crippen LogP contribution in [0.4, 0.5) is 0 Å². The Labute approximate surface area is 114 Å². The lowest BCUT2D eigenvalue weighted by molar-refractivity contribution is 0.0691. The van der Waals surface area contributed by atoms with E-state index >= 15 is 0 Å². The summed E-state index contributed by atoms with van der Waals surface area (Å²) in [6.07, 6.45) is 0.649. The van der Waals surface area contributed by atoms with Gasteiger partial charge in [0.05, 0.1) is 5.02 Å². The van der Waals surface area contributed by atoms with E-state index in [1.165, 1.54) is 6.07 Å². The van der Waals surface area contributed by atoms with Crippen LogP contribution in [0.25, 0.3) is 0 Å². The third kappa shape index (κ3) is 3.03. The number of aromatic carboxylic acids is 1. The first-order valence-electron chi connectivity index (χ1n) is 5.58. The van der Waals surface area contributed by atoms with Crippen LogP contribution in [-0.2, 0) is 13.0 Å². The van der Waals surface area contributed by atoms with Crippen LogP contribution in [0.2, 0.25) is 5.02 Å². The van der Waals surface area contributed by atoms with Crippen LogP contribution in [-0.4, -0.2) is 21.2 Å². The maximum atomic E-state index is 11.0. The molecule has 1 aromatic heterocycles. The van der Waals surface area contributed by atoms with E-state index in [2.05, 4.69) is 10.1 Å².